The molecule has 0 aliphatic carbocycles. The summed E-state index contributed by atoms with van der Waals surface area (Å²) in [5, 5.41) is 8.01. The number of hydrogen-bond donors (Lipinski definition) is 3. The molecule has 0 fully saturated rings. The van der Waals surface area contributed by atoms with Gasteiger partial charge in [0.15, 0.2) is 0 Å². The van der Waals surface area contributed by atoms with Crippen LogP contribution in [0.4, 0.5) is 13.2 Å². The Bertz CT molecular complexity index is 951. The predicted molar refractivity (Wildman–Crippen MR) is 116 cm³/mol. The Kier molecular flexibility index (Phi) is 9.80. The fourth-order valence-electron chi connectivity index (χ4n) is 2.63. The van der Waals surface area contributed by atoms with Gasteiger partial charge in [-0.2, -0.15) is 13.2 Å². The molecule has 2 aromatic rings. The molecule has 1 atom stereocenters. The summed E-state index contributed by atoms with van der Waals surface area (Å²) in [4.78, 5) is 17.7. The molecule has 0 aliphatic heterocycles. The maximum Gasteiger partial charge on any atom is 0.469 e. The monoisotopic (exact) mass is 513 g/mol. The minimum atomic E-state index is -4.76. The number of rotatable bonds is 13. The van der Waals surface area contributed by atoms with Gasteiger partial charge < -0.3 is 25.0 Å². The second-order valence-corrected chi connectivity index (χ2v) is 9.69. The highest BCUT2D eigenvalue weighted by atomic mass is 32.1. The summed E-state index contributed by atoms with van der Waals surface area (Å²) in [6.45, 7) is 3.59. The third kappa shape index (κ3) is 8.93. The summed E-state index contributed by atoms with van der Waals surface area (Å²) in [7, 11) is -4.76. The van der Waals surface area contributed by atoms with Gasteiger partial charge in [0, 0.05) is 12.2 Å². The van der Waals surface area contributed by atoms with Crippen molar-refractivity contribution in [2.24, 2.45) is 5.73 Å². The second-order valence-electron chi connectivity index (χ2n) is 7.47. The average Bonchev–Trinajstić information content (AvgIpc) is 3.22. The highest BCUT2D eigenvalue weighted by molar-refractivity contribution is 7.46. The van der Waals surface area contributed by atoms with Gasteiger partial charge in [-0.3, -0.25) is 4.52 Å². The first kappa shape index (κ1) is 27.6. The van der Waals surface area contributed by atoms with Crippen molar-refractivity contribution in [1.82, 2.24) is 10.2 Å². The lowest BCUT2D eigenvalue weighted by Crippen LogP contribution is -2.37. The summed E-state index contributed by atoms with van der Waals surface area (Å²) in [5.74, 6) is -0.327. The van der Waals surface area contributed by atoms with Gasteiger partial charge in [-0.05, 0) is 31.5 Å². The van der Waals surface area contributed by atoms with E-state index in [0.717, 1.165) is 36.7 Å². The molecule has 4 N–H and O–H groups in total. The molecule has 186 valence electrons. The van der Waals surface area contributed by atoms with Gasteiger partial charge in [-0.1, -0.05) is 31.1 Å². The maximum atomic E-state index is 13.6. The van der Waals surface area contributed by atoms with Crippen LogP contribution in [0.25, 0.3) is 10.6 Å². The minimum absolute atomic E-state index is 0.0252. The van der Waals surface area contributed by atoms with E-state index in [1.165, 1.54) is 19.1 Å². The Morgan fingerprint density at radius 1 is 1.15 bits per heavy atom. The van der Waals surface area contributed by atoms with Gasteiger partial charge in [0.2, 0.25) is 0 Å². The average molecular weight is 513 g/mol. The highest BCUT2D eigenvalue weighted by Crippen LogP contribution is 2.41. The van der Waals surface area contributed by atoms with Crippen LogP contribution in [0.5, 0.6) is 5.75 Å². The summed E-state index contributed by atoms with van der Waals surface area (Å²) >= 11 is 0.891. The molecule has 0 aliphatic rings. The van der Waals surface area contributed by atoms with E-state index in [9.17, 15) is 17.7 Å². The van der Waals surface area contributed by atoms with Crippen LogP contribution in [0, 0.1) is 0 Å². The topological polar surface area (TPSA) is 137 Å². The van der Waals surface area contributed by atoms with Crippen LogP contribution in [0.3, 0.4) is 0 Å². The first-order chi connectivity index (χ1) is 15.3. The molecule has 0 spiro atoms. The van der Waals surface area contributed by atoms with E-state index in [4.69, 9.17) is 25.0 Å². The molecule has 1 heterocycles. The zero-order valence-corrected chi connectivity index (χ0v) is 19.9. The molecule has 1 unspecified atom stereocenters. The Balaban J connectivity index is 2.13. The summed E-state index contributed by atoms with van der Waals surface area (Å²) < 4.78 is 66.8. The Hall–Kier alpha value is -1.60. The molecule has 0 saturated heterocycles. The molecular formula is C19H27F3N3O6PS. The van der Waals surface area contributed by atoms with E-state index in [1.807, 2.05) is 0 Å². The van der Waals surface area contributed by atoms with Crippen LogP contribution in [0.2, 0.25) is 0 Å². The first-order valence-corrected chi connectivity index (χ1v) is 12.4. The lowest BCUT2D eigenvalue weighted by atomic mass is 10.1. The Morgan fingerprint density at radius 3 is 2.52 bits per heavy atom. The summed E-state index contributed by atoms with van der Waals surface area (Å²) in [6, 6.07) is 3.52. The van der Waals surface area contributed by atoms with E-state index in [1.54, 1.807) is 0 Å². The van der Waals surface area contributed by atoms with Crippen molar-refractivity contribution in [1.29, 1.82) is 0 Å². The fraction of sp³-hybridized carbons (Fsp3) is 0.579. The molecule has 2 rings (SSSR count). The van der Waals surface area contributed by atoms with Crippen LogP contribution in [-0.4, -0.2) is 46.4 Å². The molecule has 9 nitrogen and oxygen atoms in total. The SMILES string of the molecule is CCCCCOCCOc1ccc(-c2nnc(C(C)(N)COP(=O)(O)O)s2)cc1C(F)(F)F. The largest absolute Gasteiger partial charge is 0.491 e. The standard InChI is InChI=1S/C19H27F3N3O6PS/c1-3-4-5-8-29-9-10-30-15-7-6-13(11-14(15)19(20,21)22)16-24-25-17(33-16)18(2,23)12-31-32(26,27)28/h6-7,11H,3-5,8-10,12,23H2,1-2H3,(H2,26,27,28). The first-order valence-electron chi connectivity index (χ1n) is 10.1. The van der Waals surface area contributed by atoms with Gasteiger partial charge in [-0.15, -0.1) is 10.2 Å². The number of phosphoric ester groups is 1. The molecule has 1 aromatic heterocycles. The van der Waals surface area contributed by atoms with Crippen molar-refractivity contribution in [2.75, 3.05) is 26.4 Å². The minimum Gasteiger partial charge on any atom is -0.491 e. The van der Waals surface area contributed by atoms with Crippen molar-refractivity contribution >= 4 is 19.2 Å². The van der Waals surface area contributed by atoms with Crippen molar-refractivity contribution in [3.63, 3.8) is 0 Å². The molecule has 14 heteroatoms. The molecule has 33 heavy (non-hydrogen) atoms. The molecular weight excluding hydrogens is 486 g/mol. The number of ether oxygens (including phenoxy) is 2. The molecule has 0 saturated carbocycles. The van der Waals surface area contributed by atoms with E-state index >= 15 is 0 Å². The number of nitrogens with two attached hydrogens (primary N) is 1. The van der Waals surface area contributed by atoms with Crippen molar-refractivity contribution in [3.8, 4) is 16.3 Å². The Morgan fingerprint density at radius 2 is 1.88 bits per heavy atom. The van der Waals surface area contributed by atoms with E-state index < -0.39 is 31.7 Å². The van der Waals surface area contributed by atoms with E-state index in [2.05, 4.69) is 21.6 Å². The zero-order valence-electron chi connectivity index (χ0n) is 18.2. The van der Waals surface area contributed by atoms with Crippen LogP contribution < -0.4 is 10.5 Å². The third-order valence-corrected chi connectivity index (χ3v) is 6.07. The highest BCUT2D eigenvalue weighted by Gasteiger charge is 2.35. The predicted octanol–water partition coefficient (Wildman–Crippen LogP) is 4.09. The van der Waals surface area contributed by atoms with Crippen LogP contribution in [0.15, 0.2) is 18.2 Å². The maximum absolute atomic E-state index is 13.6. The zero-order chi connectivity index (χ0) is 24.7. The van der Waals surface area contributed by atoms with Crippen LogP contribution >= 0.6 is 19.2 Å². The van der Waals surface area contributed by atoms with Gasteiger partial charge >= 0.3 is 14.0 Å². The summed E-state index contributed by atoms with van der Waals surface area (Å²) in [6.07, 6.45) is -1.71. The smallest absolute Gasteiger partial charge is 0.469 e. The fourth-order valence-corrected chi connectivity index (χ4v) is 3.95. The van der Waals surface area contributed by atoms with E-state index in [0.29, 0.717) is 6.61 Å². The van der Waals surface area contributed by atoms with Crippen LogP contribution in [-0.2, 0) is 25.5 Å². The number of benzene rings is 1. The van der Waals surface area contributed by atoms with Crippen molar-refractivity contribution < 1.29 is 41.5 Å². The number of aromatic nitrogens is 2. The lowest BCUT2D eigenvalue weighted by molar-refractivity contribution is -0.139. The lowest BCUT2D eigenvalue weighted by Gasteiger charge is -2.21. The third-order valence-electron chi connectivity index (χ3n) is 4.36. The molecule has 0 bridgehead atoms. The van der Waals surface area contributed by atoms with Gasteiger partial charge in [0.25, 0.3) is 0 Å². The van der Waals surface area contributed by atoms with Gasteiger partial charge in [0.1, 0.15) is 22.4 Å². The second kappa shape index (κ2) is 11.7. The molecule has 0 radical (unpaired) electrons. The quantitative estimate of drug-likeness (QED) is 0.267. The number of phosphoric acid groups is 1. The number of nitrogens with zero attached hydrogens (tertiary/aromatic N) is 2. The number of unbranched alkanes of at least 4 members (excludes halogenated alkanes) is 2. The van der Waals surface area contributed by atoms with Gasteiger partial charge in [-0.25, -0.2) is 4.57 Å². The van der Waals surface area contributed by atoms with Crippen molar-refractivity contribution in [2.45, 2.75) is 44.8 Å². The molecule has 0 amide bonds. The summed E-state index contributed by atoms with van der Waals surface area (Å²) in [5.41, 5.74) is 3.75. The number of alkyl halides is 3. The molecule has 1 aromatic carbocycles. The number of hydrogen-bond acceptors (Lipinski definition) is 8. The normalized spacial score (nSPS) is 14.3. The number of halogens is 3. The van der Waals surface area contributed by atoms with Crippen LogP contribution in [0.1, 0.15) is 43.7 Å². The Labute approximate surface area is 193 Å². The van der Waals surface area contributed by atoms with Crippen molar-refractivity contribution in [3.05, 3.63) is 28.8 Å². The van der Waals surface area contributed by atoms with Gasteiger partial charge in [0.05, 0.1) is 24.3 Å². The van der Waals surface area contributed by atoms with E-state index in [-0.39, 0.29) is 34.5 Å².